The summed E-state index contributed by atoms with van der Waals surface area (Å²) in [7, 11) is -1.62. The third kappa shape index (κ3) is 3.78. The Labute approximate surface area is 171 Å². The fraction of sp³-hybridized carbons (Fsp3) is 0.261. The van der Waals surface area contributed by atoms with Gasteiger partial charge in [-0.3, -0.25) is 5.10 Å². The van der Waals surface area contributed by atoms with Gasteiger partial charge in [0, 0.05) is 10.8 Å². The largest absolute Gasteiger partial charge is 0.307 e. The zero-order valence-electron chi connectivity index (χ0n) is 16.7. The van der Waals surface area contributed by atoms with Crippen LogP contribution in [0.25, 0.3) is 21.7 Å². The minimum Gasteiger partial charge on any atom is -0.307 e. The van der Waals surface area contributed by atoms with Gasteiger partial charge in [-0.15, -0.1) is 0 Å². The van der Waals surface area contributed by atoms with Gasteiger partial charge in [0.1, 0.15) is 0 Å². The normalized spacial score (nSPS) is 12.2. The summed E-state index contributed by atoms with van der Waals surface area (Å²) in [6, 6.07) is 18.8. The summed E-state index contributed by atoms with van der Waals surface area (Å²) < 4.78 is 27.0. The Morgan fingerprint density at radius 1 is 1.00 bits per heavy atom. The molecule has 3 aromatic carbocycles. The van der Waals surface area contributed by atoms with E-state index in [1.54, 1.807) is 12.1 Å². The summed E-state index contributed by atoms with van der Waals surface area (Å²) in [6.45, 7) is 4.18. The maximum atomic E-state index is 13.5. The minimum absolute atomic E-state index is 0.163. The molecule has 0 unspecified atom stereocenters. The zero-order valence-corrected chi connectivity index (χ0v) is 17.5. The van der Waals surface area contributed by atoms with Crippen LogP contribution < -0.4 is 0 Å². The predicted octanol–water partition coefficient (Wildman–Crippen LogP) is 4.43. The van der Waals surface area contributed by atoms with Crippen LogP contribution in [0.1, 0.15) is 18.9 Å². The first-order valence-electron chi connectivity index (χ1n) is 9.89. The van der Waals surface area contributed by atoms with Gasteiger partial charge in [0.2, 0.25) is 9.84 Å². The Morgan fingerprint density at radius 3 is 2.62 bits per heavy atom. The molecule has 1 heterocycles. The highest BCUT2D eigenvalue weighted by atomic mass is 32.2. The monoisotopic (exact) mass is 407 g/mol. The first kappa shape index (κ1) is 19.6. The number of nitrogens with zero attached hydrogens (tertiary/aromatic N) is 2. The third-order valence-electron chi connectivity index (χ3n) is 5.44. The molecule has 0 saturated carbocycles. The molecule has 0 spiro atoms. The third-order valence-corrected chi connectivity index (χ3v) is 7.22. The molecule has 0 aliphatic carbocycles. The number of sulfone groups is 1. The van der Waals surface area contributed by atoms with E-state index in [9.17, 15) is 8.42 Å². The molecule has 0 bridgehead atoms. The Balaban J connectivity index is 1.74. The standard InChI is InChI=1S/C23H25N3O2S/c1-3-26(2)15-7-8-17-13-14-21-20(16-17)23(25-24-21)29(27,28)22-12-6-10-18-9-4-5-11-19(18)22/h4-6,9-14,16H,3,7-8,15H2,1-2H3,(H,24,25). The summed E-state index contributed by atoms with van der Waals surface area (Å²) in [6.07, 6.45) is 1.93. The molecule has 29 heavy (non-hydrogen) atoms. The SMILES string of the molecule is CCN(C)CCCc1ccc2n[nH]c(S(=O)(=O)c3cccc4ccccc34)c2c1. The van der Waals surface area contributed by atoms with Gasteiger partial charge in [0.05, 0.1) is 10.4 Å². The van der Waals surface area contributed by atoms with Crippen molar-refractivity contribution < 1.29 is 8.42 Å². The molecule has 4 aromatic rings. The Morgan fingerprint density at radius 2 is 1.79 bits per heavy atom. The lowest BCUT2D eigenvalue weighted by molar-refractivity contribution is 0.347. The lowest BCUT2D eigenvalue weighted by Gasteiger charge is -2.13. The van der Waals surface area contributed by atoms with E-state index in [1.165, 1.54) is 0 Å². The van der Waals surface area contributed by atoms with E-state index >= 15 is 0 Å². The van der Waals surface area contributed by atoms with E-state index in [0.717, 1.165) is 42.3 Å². The van der Waals surface area contributed by atoms with Crippen LogP contribution in [0, 0.1) is 0 Å². The van der Waals surface area contributed by atoms with Crippen molar-refractivity contribution in [1.82, 2.24) is 15.1 Å². The summed E-state index contributed by atoms with van der Waals surface area (Å²) >= 11 is 0. The summed E-state index contributed by atoms with van der Waals surface area (Å²) in [4.78, 5) is 2.57. The number of hydrogen-bond acceptors (Lipinski definition) is 4. The van der Waals surface area contributed by atoms with E-state index in [4.69, 9.17) is 0 Å². The van der Waals surface area contributed by atoms with Crippen molar-refractivity contribution in [1.29, 1.82) is 0 Å². The Hall–Kier alpha value is -2.70. The molecule has 0 aliphatic rings. The fourth-order valence-corrected chi connectivity index (χ4v) is 5.22. The molecule has 6 heteroatoms. The van der Waals surface area contributed by atoms with E-state index in [1.807, 2.05) is 48.5 Å². The lowest BCUT2D eigenvalue weighted by Crippen LogP contribution is -2.19. The minimum atomic E-state index is -3.73. The van der Waals surface area contributed by atoms with Crippen LogP contribution in [0.2, 0.25) is 0 Å². The lowest BCUT2D eigenvalue weighted by atomic mass is 10.1. The first-order chi connectivity index (χ1) is 14.0. The van der Waals surface area contributed by atoms with Crippen LogP contribution in [0.15, 0.2) is 70.6 Å². The summed E-state index contributed by atoms with van der Waals surface area (Å²) in [5, 5.41) is 9.46. The number of benzene rings is 3. The average Bonchev–Trinajstić information content (AvgIpc) is 3.17. The van der Waals surface area contributed by atoms with Crippen molar-refractivity contribution in [3.8, 4) is 0 Å². The number of H-pyrrole nitrogens is 1. The van der Waals surface area contributed by atoms with Crippen LogP contribution >= 0.6 is 0 Å². The van der Waals surface area contributed by atoms with Gasteiger partial charge in [-0.25, -0.2) is 8.42 Å². The molecule has 0 fully saturated rings. The number of aromatic amines is 1. The molecule has 0 atom stereocenters. The molecular weight excluding hydrogens is 382 g/mol. The van der Waals surface area contributed by atoms with Gasteiger partial charge in [0.15, 0.2) is 5.03 Å². The number of hydrogen-bond donors (Lipinski definition) is 1. The van der Waals surface area contributed by atoms with Gasteiger partial charge < -0.3 is 4.90 Å². The highest BCUT2D eigenvalue weighted by molar-refractivity contribution is 7.91. The van der Waals surface area contributed by atoms with Crippen molar-refractivity contribution in [3.05, 3.63) is 66.2 Å². The second-order valence-corrected chi connectivity index (χ2v) is 9.24. The van der Waals surface area contributed by atoms with Crippen LogP contribution in [-0.2, 0) is 16.3 Å². The molecular formula is C23H25N3O2S. The molecule has 0 radical (unpaired) electrons. The Bertz CT molecular complexity index is 1260. The molecule has 150 valence electrons. The van der Waals surface area contributed by atoms with Crippen LogP contribution in [0.3, 0.4) is 0 Å². The van der Waals surface area contributed by atoms with Gasteiger partial charge >= 0.3 is 0 Å². The Kier molecular flexibility index (Phi) is 5.39. The van der Waals surface area contributed by atoms with Crippen molar-refractivity contribution in [3.63, 3.8) is 0 Å². The van der Waals surface area contributed by atoms with Gasteiger partial charge in [-0.1, -0.05) is 49.4 Å². The van der Waals surface area contributed by atoms with Gasteiger partial charge in [-0.05, 0) is 62.1 Å². The van der Waals surface area contributed by atoms with E-state index in [0.29, 0.717) is 15.8 Å². The molecule has 1 aromatic heterocycles. The van der Waals surface area contributed by atoms with Crippen molar-refractivity contribution >= 4 is 31.5 Å². The quantitative estimate of drug-likeness (QED) is 0.492. The highest BCUT2D eigenvalue weighted by Crippen LogP contribution is 2.31. The van der Waals surface area contributed by atoms with Crippen molar-refractivity contribution in [2.75, 3.05) is 20.1 Å². The fourth-order valence-electron chi connectivity index (χ4n) is 3.65. The van der Waals surface area contributed by atoms with Crippen molar-refractivity contribution in [2.24, 2.45) is 0 Å². The second kappa shape index (κ2) is 7.97. The maximum Gasteiger partial charge on any atom is 0.224 e. The molecule has 1 N–H and O–H groups in total. The average molecular weight is 408 g/mol. The molecule has 0 amide bonds. The number of aryl methyl sites for hydroxylation is 1. The predicted molar refractivity (Wildman–Crippen MR) is 117 cm³/mol. The molecule has 5 nitrogen and oxygen atoms in total. The van der Waals surface area contributed by atoms with E-state index in [2.05, 4.69) is 29.1 Å². The van der Waals surface area contributed by atoms with Crippen LogP contribution in [0.4, 0.5) is 0 Å². The molecule has 4 rings (SSSR count). The first-order valence-corrected chi connectivity index (χ1v) is 11.4. The van der Waals surface area contributed by atoms with Crippen LogP contribution in [0.5, 0.6) is 0 Å². The number of aromatic nitrogens is 2. The summed E-state index contributed by atoms with van der Waals surface area (Å²) in [5.74, 6) is 0. The summed E-state index contributed by atoms with van der Waals surface area (Å²) in [5.41, 5.74) is 1.79. The van der Waals surface area contributed by atoms with Gasteiger partial charge in [0.25, 0.3) is 0 Å². The van der Waals surface area contributed by atoms with Crippen molar-refractivity contribution in [2.45, 2.75) is 29.7 Å². The van der Waals surface area contributed by atoms with Crippen LogP contribution in [-0.4, -0.2) is 43.7 Å². The number of rotatable bonds is 7. The second-order valence-electron chi connectivity index (χ2n) is 7.38. The number of fused-ring (bicyclic) bond motifs is 2. The molecule has 0 aliphatic heterocycles. The maximum absolute atomic E-state index is 13.5. The smallest absolute Gasteiger partial charge is 0.224 e. The van der Waals surface area contributed by atoms with E-state index in [-0.39, 0.29) is 5.03 Å². The molecule has 0 saturated heterocycles. The number of nitrogens with one attached hydrogen (secondary N) is 1. The highest BCUT2D eigenvalue weighted by Gasteiger charge is 2.25. The zero-order chi connectivity index (χ0) is 20.4. The topological polar surface area (TPSA) is 66.1 Å². The van der Waals surface area contributed by atoms with E-state index < -0.39 is 9.84 Å². The van der Waals surface area contributed by atoms with Gasteiger partial charge in [-0.2, -0.15) is 5.10 Å².